The van der Waals surface area contributed by atoms with Gasteiger partial charge in [-0.3, -0.25) is 4.79 Å². The first-order chi connectivity index (χ1) is 10.2. The molecule has 4 unspecified atom stereocenters. The Bertz CT molecular complexity index is 525. The van der Waals surface area contributed by atoms with Gasteiger partial charge in [-0.05, 0) is 48.8 Å². The van der Waals surface area contributed by atoms with E-state index in [2.05, 4.69) is 28.9 Å². The number of carbonyl (C=O) groups is 1. The fourth-order valence-electron chi connectivity index (χ4n) is 4.59. The Balaban J connectivity index is 1.58. The van der Waals surface area contributed by atoms with Gasteiger partial charge in [0.25, 0.3) is 5.91 Å². The molecule has 4 saturated heterocycles. The molecule has 4 aliphatic heterocycles. The highest BCUT2D eigenvalue weighted by atomic mass is 16.2. The highest BCUT2D eigenvalue weighted by Gasteiger charge is 2.43. The average molecular weight is 284 g/mol. The summed E-state index contributed by atoms with van der Waals surface area (Å²) in [5, 5.41) is 0. The first kappa shape index (κ1) is 13.3. The first-order valence-corrected chi connectivity index (χ1v) is 8.35. The minimum atomic E-state index is 0.247. The molecule has 4 atom stereocenters. The van der Waals surface area contributed by atoms with Crippen molar-refractivity contribution in [2.75, 3.05) is 26.2 Å². The molecule has 4 bridgehead atoms. The summed E-state index contributed by atoms with van der Waals surface area (Å²) in [7, 11) is 0. The summed E-state index contributed by atoms with van der Waals surface area (Å²) in [6.45, 7) is 6.67. The van der Waals surface area contributed by atoms with Gasteiger partial charge < -0.3 is 9.80 Å². The Kier molecular flexibility index (Phi) is 3.26. The first-order valence-electron chi connectivity index (χ1n) is 8.35. The largest absolute Gasteiger partial charge is 0.334 e. The van der Waals surface area contributed by atoms with Gasteiger partial charge in [-0.25, -0.2) is 0 Å². The van der Waals surface area contributed by atoms with Gasteiger partial charge in [0.05, 0.1) is 0 Å². The summed E-state index contributed by atoms with van der Waals surface area (Å²) in [5.74, 6) is 1.76. The van der Waals surface area contributed by atoms with Gasteiger partial charge in [0.15, 0.2) is 0 Å². The summed E-state index contributed by atoms with van der Waals surface area (Å²) in [6.07, 6.45) is 3.57. The van der Waals surface area contributed by atoms with Crippen LogP contribution in [0.25, 0.3) is 0 Å². The third-order valence-corrected chi connectivity index (χ3v) is 5.54. The summed E-state index contributed by atoms with van der Waals surface area (Å²) >= 11 is 0. The minimum Gasteiger partial charge on any atom is -0.334 e. The Hall–Kier alpha value is -1.35. The standard InChI is InChI=1S/C18H24N2O/c1-2-13-3-5-16(6-4-13)18(21)20-11-15-7-14-8-17(20)12-19(9-14)10-15/h3-6,14-15,17H,2,7-12H2,1H3. The van der Waals surface area contributed by atoms with Crippen LogP contribution in [0.4, 0.5) is 0 Å². The number of hydrogen-bond acceptors (Lipinski definition) is 2. The van der Waals surface area contributed by atoms with Crippen molar-refractivity contribution < 1.29 is 4.79 Å². The van der Waals surface area contributed by atoms with Crippen LogP contribution in [0, 0.1) is 11.8 Å². The van der Waals surface area contributed by atoms with E-state index in [-0.39, 0.29) is 5.91 Å². The van der Waals surface area contributed by atoms with Crippen molar-refractivity contribution in [3.05, 3.63) is 35.4 Å². The molecule has 3 nitrogen and oxygen atoms in total. The monoisotopic (exact) mass is 284 g/mol. The number of fused-ring (bicyclic) bond motifs is 1. The number of carbonyl (C=O) groups excluding carboxylic acids is 1. The fourth-order valence-corrected chi connectivity index (χ4v) is 4.59. The van der Waals surface area contributed by atoms with Crippen LogP contribution in [0.15, 0.2) is 24.3 Å². The van der Waals surface area contributed by atoms with E-state index in [1.165, 1.54) is 31.5 Å². The maximum absolute atomic E-state index is 12.9. The normalized spacial score (nSPS) is 34.0. The molecule has 21 heavy (non-hydrogen) atoms. The maximum atomic E-state index is 12.9. The van der Waals surface area contributed by atoms with E-state index in [0.29, 0.717) is 12.0 Å². The van der Waals surface area contributed by atoms with Crippen molar-refractivity contribution in [3.63, 3.8) is 0 Å². The molecule has 0 N–H and O–H groups in total. The number of amides is 1. The van der Waals surface area contributed by atoms with E-state index in [0.717, 1.165) is 31.0 Å². The van der Waals surface area contributed by atoms with Crippen molar-refractivity contribution in [3.8, 4) is 0 Å². The lowest BCUT2D eigenvalue weighted by molar-refractivity contribution is 0.0573. The van der Waals surface area contributed by atoms with E-state index in [9.17, 15) is 4.79 Å². The van der Waals surface area contributed by atoms with Crippen LogP contribution in [0.2, 0.25) is 0 Å². The van der Waals surface area contributed by atoms with Crippen molar-refractivity contribution in [1.29, 1.82) is 0 Å². The van der Waals surface area contributed by atoms with E-state index < -0.39 is 0 Å². The molecule has 4 heterocycles. The molecule has 5 rings (SSSR count). The van der Waals surface area contributed by atoms with Gasteiger partial charge >= 0.3 is 0 Å². The molecule has 3 heteroatoms. The highest BCUT2D eigenvalue weighted by molar-refractivity contribution is 5.94. The summed E-state index contributed by atoms with van der Waals surface area (Å²) in [4.78, 5) is 17.7. The molecule has 0 spiro atoms. The zero-order valence-electron chi connectivity index (χ0n) is 12.8. The van der Waals surface area contributed by atoms with Gasteiger partial charge in [0, 0.05) is 37.8 Å². The van der Waals surface area contributed by atoms with Gasteiger partial charge in [-0.2, -0.15) is 0 Å². The SMILES string of the molecule is CCc1ccc(C(=O)N2CC3CC4CC2CN(C4)C3)cc1. The van der Waals surface area contributed by atoms with Crippen LogP contribution in [0.5, 0.6) is 0 Å². The fraction of sp³-hybridized carbons (Fsp3) is 0.611. The Morgan fingerprint density at radius 3 is 2.52 bits per heavy atom. The number of aryl methyl sites for hydroxylation is 1. The van der Waals surface area contributed by atoms with Crippen molar-refractivity contribution in [2.45, 2.75) is 32.2 Å². The zero-order valence-corrected chi connectivity index (χ0v) is 12.8. The van der Waals surface area contributed by atoms with Crippen molar-refractivity contribution in [2.24, 2.45) is 11.8 Å². The predicted octanol–water partition coefficient (Wildman–Crippen LogP) is 2.42. The van der Waals surface area contributed by atoms with E-state index >= 15 is 0 Å². The molecule has 4 aliphatic rings. The predicted molar refractivity (Wildman–Crippen MR) is 83.3 cm³/mol. The molecular formula is C18H24N2O. The lowest BCUT2D eigenvalue weighted by atomic mass is 9.84. The molecule has 4 fully saturated rings. The quantitative estimate of drug-likeness (QED) is 0.832. The molecule has 112 valence electrons. The van der Waals surface area contributed by atoms with Crippen LogP contribution in [-0.2, 0) is 6.42 Å². The van der Waals surface area contributed by atoms with Gasteiger partial charge in [-0.1, -0.05) is 19.1 Å². The molecule has 1 aromatic rings. The third kappa shape index (κ3) is 2.38. The van der Waals surface area contributed by atoms with E-state index in [1.807, 2.05) is 12.1 Å². The molecular weight excluding hydrogens is 260 g/mol. The lowest BCUT2D eigenvalue weighted by Crippen LogP contribution is -2.50. The molecule has 0 saturated carbocycles. The Morgan fingerprint density at radius 1 is 1.05 bits per heavy atom. The smallest absolute Gasteiger partial charge is 0.254 e. The molecule has 0 radical (unpaired) electrons. The molecule has 0 aliphatic carbocycles. The van der Waals surface area contributed by atoms with Crippen LogP contribution in [0.1, 0.15) is 35.7 Å². The number of hydrogen-bond donors (Lipinski definition) is 0. The highest BCUT2D eigenvalue weighted by Crippen LogP contribution is 2.36. The second-order valence-electron chi connectivity index (χ2n) is 7.08. The number of benzene rings is 1. The summed E-state index contributed by atoms with van der Waals surface area (Å²) < 4.78 is 0. The lowest BCUT2D eigenvalue weighted by Gasteiger charge is -2.41. The van der Waals surface area contributed by atoms with Crippen molar-refractivity contribution in [1.82, 2.24) is 9.80 Å². The van der Waals surface area contributed by atoms with E-state index in [4.69, 9.17) is 0 Å². The van der Waals surface area contributed by atoms with Crippen LogP contribution < -0.4 is 0 Å². The van der Waals surface area contributed by atoms with Gasteiger partial charge in [-0.15, -0.1) is 0 Å². The minimum absolute atomic E-state index is 0.247. The summed E-state index contributed by atoms with van der Waals surface area (Å²) in [5.41, 5.74) is 2.16. The van der Waals surface area contributed by atoms with E-state index in [1.54, 1.807) is 0 Å². The summed E-state index contributed by atoms with van der Waals surface area (Å²) in [6, 6.07) is 8.65. The second-order valence-corrected chi connectivity index (χ2v) is 7.08. The molecule has 0 aromatic heterocycles. The second kappa shape index (κ2) is 5.13. The maximum Gasteiger partial charge on any atom is 0.254 e. The molecule has 1 aromatic carbocycles. The van der Waals surface area contributed by atoms with Crippen LogP contribution in [-0.4, -0.2) is 47.9 Å². The third-order valence-electron chi connectivity index (χ3n) is 5.54. The van der Waals surface area contributed by atoms with Crippen molar-refractivity contribution >= 4 is 5.91 Å². The van der Waals surface area contributed by atoms with Gasteiger partial charge in [0.2, 0.25) is 0 Å². The van der Waals surface area contributed by atoms with Crippen LogP contribution >= 0.6 is 0 Å². The molecule has 1 amide bonds. The number of nitrogens with zero attached hydrogens (tertiary/aromatic N) is 2. The van der Waals surface area contributed by atoms with Gasteiger partial charge in [0.1, 0.15) is 0 Å². The zero-order chi connectivity index (χ0) is 14.4. The number of piperidine rings is 2. The van der Waals surface area contributed by atoms with Crippen LogP contribution in [0.3, 0.4) is 0 Å². The Morgan fingerprint density at radius 2 is 1.81 bits per heavy atom. The topological polar surface area (TPSA) is 23.6 Å². The Labute approximate surface area is 126 Å². The number of rotatable bonds is 2. The average Bonchev–Trinajstić information content (AvgIpc) is 2.70.